The Morgan fingerprint density at radius 2 is 2.17 bits per heavy atom. The van der Waals surface area contributed by atoms with Crippen LogP contribution in [0.15, 0.2) is 16.3 Å². The number of thiophene rings is 1. The summed E-state index contributed by atoms with van der Waals surface area (Å²) in [6, 6.07) is 1.31. The summed E-state index contributed by atoms with van der Waals surface area (Å²) in [5.41, 5.74) is 0. The largest absolute Gasteiger partial charge is 0.477 e. The number of carboxylic acids is 1. The number of nitrogens with one attached hydrogen (secondary N) is 1. The third-order valence-electron chi connectivity index (χ3n) is 2.35. The van der Waals surface area contributed by atoms with E-state index < -0.39 is 16.0 Å². The molecule has 5 nitrogen and oxygen atoms in total. The van der Waals surface area contributed by atoms with Crippen LogP contribution < -0.4 is 4.72 Å². The molecule has 0 aliphatic carbocycles. The van der Waals surface area contributed by atoms with Crippen LogP contribution >= 0.6 is 23.1 Å². The Morgan fingerprint density at radius 3 is 2.67 bits per heavy atom. The van der Waals surface area contributed by atoms with Crippen molar-refractivity contribution in [2.75, 3.05) is 12.8 Å². The fourth-order valence-corrected chi connectivity index (χ4v) is 3.86. The molecule has 1 aromatic rings. The van der Waals surface area contributed by atoms with E-state index in [1.165, 1.54) is 23.2 Å². The number of hydrogen-bond donors (Lipinski definition) is 2. The second-order valence-electron chi connectivity index (χ2n) is 4.21. The molecule has 0 spiro atoms. The highest BCUT2D eigenvalue weighted by molar-refractivity contribution is 8.00. The Kier molecular flexibility index (Phi) is 4.82. The molecule has 1 rings (SSSR count). The Hall–Kier alpha value is -0.570. The number of thioether (sulfide) groups is 1. The molecule has 0 radical (unpaired) electrons. The van der Waals surface area contributed by atoms with Gasteiger partial charge in [-0.15, -0.1) is 11.3 Å². The first-order valence-corrected chi connectivity index (χ1v) is 8.64. The first-order valence-electron chi connectivity index (χ1n) is 5.05. The number of carboxylic acid groups (broad SMARTS) is 1. The lowest BCUT2D eigenvalue weighted by Gasteiger charge is -2.22. The average molecular weight is 309 g/mol. The summed E-state index contributed by atoms with van der Waals surface area (Å²) in [6.45, 7) is 4.06. The topological polar surface area (TPSA) is 83.5 Å². The number of sulfonamides is 1. The lowest BCUT2D eigenvalue weighted by molar-refractivity contribution is 0.0698. The zero-order valence-electron chi connectivity index (χ0n) is 10.3. The van der Waals surface area contributed by atoms with Crippen LogP contribution in [0.25, 0.3) is 0 Å². The maximum Gasteiger partial charge on any atom is 0.347 e. The van der Waals surface area contributed by atoms with E-state index >= 15 is 0 Å². The molecule has 0 fully saturated rings. The van der Waals surface area contributed by atoms with Gasteiger partial charge < -0.3 is 5.11 Å². The first-order chi connectivity index (χ1) is 8.19. The second-order valence-corrected chi connectivity index (χ2v) is 8.37. The predicted molar refractivity (Wildman–Crippen MR) is 74.1 cm³/mol. The zero-order valence-corrected chi connectivity index (χ0v) is 12.7. The van der Waals surface area contributed by atoms with Crippen LogP contribution in [0, 0.1) is 0 Å². The van der Waals surface area contributed by atoms with Crippen LogP contribution in [0.1, 0.15) is 23.5 Å². The van der Waals surface area contributed by atoms with E-state index in [1.54, 1.807) is 0 Å². The highest BCUT2D eigenvalue weighted by atomic mass is 32.2. The normalized spacial score (nSPS) is 12.6. The summed E-state index contributed by atoms with van der Waals surface area (Å²) in [4.78, 5) is 10.6. The van der Waals surface area contributed by atoms with Crippen LogP contribution in [-0.4, -0.2) is 37.0 Å². The monoisotopic (exact) mass is 309 g/mol. The minimum Gasteiger partial charge on any atom is -0.477 e. The Labute approximate surface area is 115 Å². The molecule has 8 heteroatoms. The molecule has 1 heterocycles. The van der Waals surface area contributed by atoms with E-state index in [0.717, 1.165) is 11.3 Å². The fraction of sp³-hybridized carbons (Fsp3) is 0.500. The van der Waals surface area contributed by atoms with Crippen molar-refractivity contribution in [1.82, 2.24) is 4.72 Å². The van der Waals surface area contributed by atoms with Gasteiger partial charge in [-0.05, 0) is 31.5 Å². The summed E-state index contributed by atoms with van der Waals surface area (Å²) >= 11 is 2.43. The van der Waals surface area contributed by atoms with E-state index in [4.69, 9.17) is 5.11 Å². The molecule has 0 unspecified atom stereocenters. The van der Waals surface area contributed by atoms with Crippen LogP contribution in [0.2, 0.25) is 0 Å². The summed E-state index contributed by atoms with van der Waals surface area (Å²) in [5, 5.41) is 10.4. The van der Waals surface area contributed by atoms with Crippen molar-refractivity contribution >= 4 is 39.1 Å². The van der Waals surface area contributed by atoms with E-state index in [9.17, 15) is 13.2 Å². The molecule has 1 aromatic heterocycles. The molecule has 0 aromatic carbocycles. The van der Waals surface area contributed by atoms with Crippen molar-refractivity contribution in [3.63, 3.8) is 0 Å². The average Bonchev–Trinajstić information content (AvgIpc) is 2.76. The van der Waals surface area contributed by atoms with Gasteiger partial charge in [0.25, 0.3) is 0 Å². The van der Waals surface area contributed by atoms with Crippen LogP contribution in [0.4, 0.5) is 0 Å². The van der Waals surface area contributed by atoms with E-state index in [0.29, 0.717) is 0 Å². The smallest absolute Gasteiger partial charge is 0.347 e. The SMILES string of the molecule is CSC(C)(C)CNS(=O)(=O)c1ccsc1C(=O)O. The summed E-state index contributed by atoms with van der Waals surface area (Å²) in [7, 11) is -3.77. The van der Waals surface area contributed by atoms with Gasteiger partial charge in [-0.3, -0.25) is 0 Å². The Bertz CT molecular complexity index is 533. The van der Waals surface area contributed by atoms with Crippen LogP contribution in [0.5, 0.6) is 0 Å². The lowest BCUT2D eigenvalue weighted by atomic mass is 10.2. The van der Waals surface area contributed by atoms with Gasteiger partial charge in [0.05, 0.1) is 0 Å². The quantitative estimate of drug-likeness (QED) is 0.838. The number of hydrogen-bond acceptors (Lipinski definition) is 5. The zero-order chi connectivity index (χ0) is 14.0. The van der Waals surface area contributed by atoms with Crippen molar-refractivity contribution in [1.29, 1.82) is 0 Å². The molecule has 0 aliphatic rings. The van der Waals surface area contributed by atoms with Crippen LogP contribution in [0.3, 0.4) is 0 Å². The van der Waals surface area contributed by atoms with E-state index in [2.05, 4.69) is 4.72 Å². The molecule has 0 aliphatic heterocycles. The lowest BCUT2D eigenvalue weighted by Crippen LogP contribution is -2.36. The molecule has 0 saturated carbocycles. The van der Waals surface area contributed by atoms with Gasteiger partial charge in [-0.1, -0.05) is 0 Å². The predicted octanol–water partition coefficient (Wildman–Crippen LogP) is 1.87. The highest BCUT2D eigenvalue weighted by Gasteiger charge is 2.26. The van der Waals surface area contributed by atoms with Crippen molar-refractivity contribution < 1.29 is 18.3 Å². The van der Waals surface area contributed by atoms with Crippen molar-refractivity contribution in [3.8, 4) is 0 Å². The molecule has 0 bridgehead atoms. The van der Waals surface area contributed by atoms with E-state index in [-0.39, 0.29) is 21.1 Å². The molecule has 0 amide bonds. The molecular weight excluding hydrogens is 294 g/mol. The third kappa shape index (κ3) is 3.71. The van der Waals surface area contributed by atoms with Gasteiger partial charge >= 0.3 is 5.97 Å². The minimum atomic E-state index is -3.77. The summed E-state index contributed by atoms with van der Waals surface area (Å²) in [6.07, 6.45) is 1.89. The number of carbonyl (C=O) groups is 1. The van der Waals surface area contributed by atoms with Crippen molar-refractivity contribution in [2.24, 2.45) is 0 Å². The number of aromatic carboxylic acids is 1. The molecular formula is C10H15NO4S3. The summed E-state index contributed by atoms with van der Waals surface area (Å²) in [5.74, 6) is -1.23. The minimum absolute atomic E-state index is 0.163. The van der Waals surface area contributed by atoms with Gasteiger partial charge in [0.1, 0.15) is 9.77 Å². The highest BCUT2D eigenvalue weighted by Crippen LogP contribution is 2.24. The van der Waals surface area contributed by atoms with Crippen molar-refractivity contribution in [3.05, 3.63) is 16.3 Å². The molecule has 0 atom stereocenters. The molecule has 102 valence electrons. The maximum atomic E-state index is 12.0. The van der Waals surface area contributed by atoms with Gasteiger partial charge in [0.2, 0.25) is 10.0 Å². The standard InChI is InChI=1S/C10H15NO4S3/c1-10(2,16-3)6-11-18(14,15)7-4-5-17-8(7)9(12)13/h4-5,11H,6H2,1-3H3,(H,12,13). The number of rotatable bonds is 6. The van der Waals surface area contributed by atoms with Crippen molar-refractivity contribution in [2.45, 2.75) is 23.5 Å². The Balaban J connectivity index is 2.94. The van der Waals surface area contributed by atoms with Gasteiger partial charge in [0.15, 0.2) is 0 Å². The third-order valence-corrected chi connectivity index (χ3v) is 6.08. The van der Waals surface area contributed by atoms with Gasteiger partial charge in [-0.25, -0.2) is 17.9 Å². The molecule has 18 heavy (non-hydrogen) atoms. The molecule has 2 N–H and O–H groups in total. The van der Waals surface area contributed by atoms with Gasteiger partial charge in [-0.2, -0.15) is 11.8 Å². The molecule has 0 saturated heterocycles. The van der Waals surface area contributed by atoms with Crippen LogP contribution in [-0.2, 0) is 10.0 Å². The van der Waals surface area contributed by atoms with E-state index in [1.807, 2.05) is 20.1 Å². The Morgan fingerprint density at radius 1 is 1.56 bits per heavy atom. The second kappa shape index (κ2) is 5.60. The fourth-order valence-electron chi connectivity index (χ4n) is 1.08. The summed E-state index contributed by atoms with van der Waals surface area (Å²) < 4.78 is 26.2. The maximum absolute atomic E-state index is 12.0. The van der Waals surface area contributed by atoms with Gasteiger partial charge in [0, 0.05) is 11.3 Å². The first kappa shape index (κ1) is 15.5.